The fraction of sp³-hybridized carbons (Fsp3) is 0.500. The summed E-state index contributed by atoms with van der Waals surface area (Å²) in [5.41, 5.74) is 1.01. The first-order valence-corrected chi connectivity index (χ1v) is 6.62. The molecular weight excluding hydrogens is 209 g/mol. The minimum Gasteiger partial charge on any atom is -0.309 e. The van der Waals surface area contributed by atoms with Gasteiger partial charge in [-0.25, -0.2) is 4.39 Å². The van der Waals surface area contributed by atoms with Crippen LogP contribution in [0, 0.1) is 5.82 Å². The van der Waals surface area contributed by atoms with Crippen LogP contribution in [0.25, 0.3) is 0 Å². The van der Waals surface area contributed by atoms with E-state index in [9.17, 15) is 4.39 Å². The highest BCUT2D eigenvalue weighted by Gasteiger charge is 2.04. The van der Waals surface area contributed by atoms with E-state index in [4.69, 9.17) is 0 Å². The molecule has 84 valence electrons. The van der Waals surface area contributed by atoms with Gasteiger partial charge in [-0.05, 0) is 30.4 Å². The van der Waals surface area contributed by atoms with Crippen molar-refractivity contribution >= 4 is 11.8 Å². The summed E-state index contributed by atoms with van der Waals surface area (Å²) in [6.45, 7) is 2.91. The minimum absolute atomic E-state index is 0.160. The summed E-state index contributed by atoms with van der Waals surface area (Å²) < 4.78 is 12.9. The molecule has 1 aromatic rings. The number of thioether (sulfide) groups is 1. The van der Waals surface area contributed by atoms with Crippen molar-refractivity contribution in [3.63, 3.8) is 0 Å². The van der Waals surface area contributed by atoms with Gasteiger partial charge in [-0.3, -0.25) is 0 Å². The third-order valence-corrected chi connectivity index (χ3v) is 3.08. The highest BCUT2D eigenvalue weighted by atomic mass is 32.2. The molecule has 0 aromatic heterocycles. The summed E-state index contributed by atoms with van der Waals surface area (Å²) >= 11 is 1.84. The van der Waals surface area contributed by atoms with Crippen molar-refractivity contribution in [3.05, 3.63) is 35.6 Å². The fourth-order valence-electron chi connectivity index (χ4n) is 1.43. The Morgan fingerprint density at radius 2 is 2.27 bits per heavy atom. The average Bonchev–Trinajstić information content (AvgIpc) is 2.24. The molecule has 1 rings (SSSR count). The lowest BCUT2D eigenvalue weighted by Gasteiger charge is -2.15. The summed E-state index contributed by atoms with van der Waals surface area (Å²) in [5, 5.41) is 3.43. The van der Waals surface area contributed by atoms with E-state index in [1.807, 2.05) is 17.8 Å². The smallest absolute Gasteiger partial charge is 0.123 e. The molecule has 1 aromatic carbocycles. The predicted molar refractivity (Wildman–Crippen MR) is 65.7 cm³/mol. The van der Waals surface area contributed by atoms with Gasteiger partial charge in [0.15, 0.2) is 0 Å². The zero-order chi connectivity index (χ0) is 11.1. The summed E-state index contributed by atoms with van der Waals surface area (Å²) in [6, 6.07) is 7.27. The molecule has 0 spiro atoms. The zero-order valence-electron chi connectivity index (χ0n) is 9.29. The van der Waals surface area contributed by atoms with Crippen LogP contribution >= 0.6 is 11.8 Å². The van der Waals surface area contributed by atoms with Gasteiger partial charge >= 0.3 is 0 Å². The summed E-state index contributed by atoms with van der Waals surface area (Å²) in [5.74, 6) is 0.943. The molecule has 1 unspecified atom stereocenters. The molecule has 0 saturated heterocycles. The topological polar surface area (TPSA) is 12.0 Å². The number of hydrogen-bond acceptors (Lipinski definition) is 2. The third-order valence-electron chi connectivity index (χ3n) is 2.34. The standard InChI is InChI=1S/C12H18FNS/c1-3-12(9-15-2)14-8-10-5-4-6-11(13)7-10/h4-7,12,14H,3,8-9H2,1-2H3. The van der Waals surface area contributed by atoms with E-state index in [0.29, 0.717) is 6.04 Å². The molecule has 0 aliphatic rings. The van der Waals surface area contributed by atoms with Crippen molar-refractivity contribution in [2.75, 3.05) is 12.0 Å². The van der Waals surface area contributed by atoms with Crippen molar-refractivity contribution in [3.8, 4) is 0 Å². The predicted octanol–water partition coefficient (Wildman–Crippen LogP) is 3.06. The SMILES string of the molecule is CCC(CSC)NCc1cccc(F)c1. The Morgan fingerprint density at radius 3 is 2.87 bits per heavy atom. The van der Waals surface area contributed by atoms with E-state index in [1.54, 1.807) is 12.1 Å². The molecule has 0 fully saturated rings. The summed E-state index contributed by atoms with van der Waals surface area (Å²) in [4.78, 5) is 0. The van der Waals surface area contributed by atoms with Gasteiger partial charge in [0, 0.05) is 18.3 Å². The number of nitrogens with one attached hydrogen (secondary N) is 1. The molecule has 1 nitrogen and oxygen atoms in total. The molecule has 0 saturated carbocycles. The molecule has 0 bridgehead atoms. The number of rotatable bonds is 6. The van der Waals surface area contributed by atoms with Crippen LogP contribution in [-0.4, -0.2) is 18.1 Å². The highest BCUT2D eigenvalue weighted by Crippen LogP contribution is 2.06. The Hall–Kier alpha value is -0.540. The van der Waals surface area contributed by atoms with Gasteiger partial charge in [-0.15, -0.1) is 0 Å². The monoisotopic (exact) mass is 227 g/mol. The van der Waals surface area contributed by atoms with Gasteiger partial charge in [0.25, 0.3) is 0 Å². The van der Waals surface area contributed by atoms with Gasteiger partial charge in [-0.2, -0.15) is 11.8 Å². The van der Waals surface area contributed by atoms with Crippen LogP contribution in [0.5, 0.6) is 0 Å². The summed E-state index contributed by atoms with van der Waals surface area (Å²) in [7, 11) is 0. The Balaban J connectivity index is 2.41. The van der Waals surface area contributed by atoms with Crippen LogP contribution in [0.4, 0.5) is 4.39 Å². The molecule has 1 N–H and O–H groups in total. The lowest BCUT2D eigenvalue weighted by molar-refractivity contribution is 0.538. The average molecular weight is 227 g/mol. The lowest BCUT2D eigenvalue weighted by atomic mass is 10.2. The van der Waals surface area contributed by atoms with E-state index in [0.717, 1.165) is 24.3 Å². The number of hydrogen-bond donors (Lipinski definition) is 1. The molecule has 0 radical (unpaired) electrons. The van der Waals surface area contributed by atoms with E-state index in [1.165, 1.54) is 6.07 Å². The molecule has 0 aliphatic carbocycles. The van der Waals surface area contributed by atoms with E-state index in [2.05, 4.69) is 18.5 Å². The second-order valence-electron chi connectivity index (χ2n) is 3.57. The van der Waals surface area contributed by atoms with Gasteiger partial charge in [0.1, 0.15) is 5.82 Å². The molecule has 3 heteroatoms. The first-order chi connectivity index (χ1) is 7.26. The van der Waals surface area contributed by atoms with Crippen LogP contribution in [0.15, 0.2) is 24.3 Å². The second-order valence-corrected chi connectivity index (χ2v) is 4.48. The van der Waals surface area contributed by atoms with Crippen LogP contribution < -0.4 is 5.32 Å². The first kappa shape index (κ1) is 12.5. The molecule has 15 heavy (non-hydrogen) atoms. The Morgan fingerprint density at radius 1 is 1.47 bits per heavy atom. The zero-order valence-corrected chi connectivity index (χ0v) is 10.1. The van der Waals surface area contributed by atoms with Gasteiger partial charge in [0.2, 0.25) is 0 Å². The minimum atomic E-state index is -0.160. The van der Waals surface area contributed by atoms with Crippen LogP contribution in [-0.2, 0) is 6.54 Å². The van der Waals surface area contributed by atoms with E-state index >= 15 is 0 Å². The van der Waals surface area contributed by atoms with Crippen molar-refractivity contribution in [1.29, 1.82) is 0 Å². The van der Waals surface area contributed by atoms with Gasteiger partial charge < -0.3 is 5.32 Å². The first-order valence-electron chi connectivity index (χ1n) is 5.23. The Labute approximate surface area is 95.5 Å². The quantitative estimate of drug-likeness (QED) is 0.801. The second kappa shape index (κ2) is 6.85. The Kier molecular flexibility index (Phi) is 5.73. The van der Waals surface area contributed by atoms with Crippen molar-refractivity contribution in [2.24, 2.45) is 0 Å². The molecule has 0 amide bonds. The fourth-order valence-corrected chi connectivity index (χ4v) is 2.19. The normalized spacial score (nSPS) is 12.7. The molecule has 0 aliphatic heterocycles. The van der Waals surface area contributed by atoms with Crippen molar-refractivity contribution in [1.82, 2.24) is 5.32 Å². The maximum Gasteiger partial charge on any atom is 0.123 e. The van der Waals surface area contributed by atoms with Crippen LogP contribution in [0.1, 0.15) is 18.9 Å². The van der Waals surface area contributed by atoms with Crippen molar-refractivity contribution < 1.29 is 4.39 Å². The van der Waals surface area contributed by atoms with Crippen LogP contribution in [0.2, 0.25) is 0 Å². The maximum atomic E-state index is 12.9. The molecule has 0 heterocycles. The lowest BCUT2D eigenvalue weighted by Crippen LogP contribution is -2.30. The van der Waals surface area contributed by atoms with E-state index in [-0.39, 0.29) is 5.82 Å². The number of halogens is 1. The highest BCUT2D eigenvalue weighted by molar-refractivity contribution is 7.98. The molecular formula is C12H18FNS. The van der Waals surface area contributed by atoms with Crippen LogP contribution in [0.3, 0.4) is 0 Å². The Bertz CT molecular complexity index is 291. The molecule has 1 atom stereocenters. The maximum absolute atomic E-state index is 12.9. The van der Waals surface area contributed by atoms with Gasteiger partial charge in [0.05, 0.1) is 0 Å². The van der Waals surface area contributed by atoms with Crippen molar-refractivity contribution in [2.45, 2.75) is 25.9 Å². The summed E-state index contributed by atoms with van der Waals surface area (Å²) in [6.07, 6.45) is 3.21. The number of benzene rings is 1. The third kappa shape index (κ3) is 4.67. The van der Waals surface area contributed by atoms with E-state index < -0.39 is 0 Å². The van der Waals surface area contributed by atoms with Gasteiger partial charge in [-0.1, -0.05) is 19.1 Å². The largest absolute Gasteiger partial charge is 0.309 e.